The summed E-state index contributed by atoms with van der Waals surface area (Å²) in [4.78, 5) is 4.29. The number of hydrogen-bond donors (Lipinski definition) is 2. The number of aromatic amines is 1. The molecule has 3 aromatic rings. The fourth-order valence-corrected chi connectivity index (χ4v) is 2.33. The maximum Gasteiger partial charge on any atom is 0.135 e. The van der Waals surface area contributed by atoms with Crippen molar-refractivity contribution in [1.29, 1.82) is 0 Å². The number of nitrogens with one attached hydrogen (secondary N) is 1. The van der Waals surface area contributed by atoms with Gasteiger partial charge in [-0.2, -0.15) is 5.10 Å². The van der Waals surface area contributed by atoms with Crippen molar-refractivity contribution in [2.24, 2.45) is 0 Å². The summed E-state index contributed by atoms with van der Waals surface area (Å²) in [5, 5.41) is 16.6. The Morgan fingerprint density at radius 1 is 1.24 bits per heavy atom. The third-order valence-electron chi connectivity index (χ3n) is 3.56. The Labute approximate surface area is 122 Å². The number of hydrogen-bond acceptors (Lipinski definition) is 5. The van der Waals surface area contributed by atoms with Gasteiger partial charge in [0.25, 0.3) is 0 Å². The molecular weight excluding hydrogens is 266 g/mol. The van der Waals surface area contributed by atoms with Crippen LogP contribution in [0.1, 0.15) is 45.2 Å². The molecule has 7 nitrogen and oxygen atoms in total. The summed E-state index contributed by atoms with van der Waals surface area (Å²) in [6.07, 6.45) is 3.68. The summed E-state index contributed by atoms with van der Waals surface area (Å²) in [6, 6.07) is 0.248. The van der Waals surface area contributed by atoms with Gasteiger partial charge in [-0.1, -0.05) is 19.1 Å². The largest absolute Gasteiger partial charge is 0.383 e. The summed E-state index contributed by atoms with van der Waals surface area (Å²) < 4.78 is 1.80. The van der Waals surface area contributed by atoms with Crippen LogP contribution in [0, 0.1) is 0 Å². The molecule has 0 aliphatic heterocycles. The van der Waals surface area contributed by atoms with Crippen LogP contribution in [-0.4, -0.2) is 30.2 Å². The first kappa shape index (κ1) is 13.5. The van der Waals surface area contributed by atoms with Gasteiger partial charge in [-0.3, -0.25) is 5.10 Å². The lowest BCUT2D eigenvalue weighted by molar-refractivity contribution is 0.514. The van der Waals surface area contributed by atoms with Gasteiger partial charge < -0.3 is 5.73 Å². The molecule has 21 heavy (non-hydrogen) atoms. The third kappa shape index (κ3) is 2.14. The zero-order valence-corrected chi connectivity index (χ0v) is 12.6. The Hall–Kier alpha value is -2.44. The molecule has 0 spiro atoms. The van der Waals surface area contributed by atoms with Gasteiger partial charge in [0.15, 0.2) is 0 Å². The molecule has 0 bridgehead atoms. The molecular formula is C14H19N7. The van der Waals surface area contributed by atoms with Crippen LogP contribution in [0.5, 0.6) is 0 Å². The zero-order valence-electron chi connectivity index (χ0n) is 12.6. The third-order valence-corrected chi connectivity index (χ3v) is 3.56. The van der Waals surface area contributed by atoms with Crippen molar-refractivity contribution in [1.82, 2.24) is 30.2 Å². The van der Waals surface area contributed by atoms with E-state index in [4.69, 9.17) is 5.73 Å². The minimum absolute atomic E-state index is 0.248. The lowest BCUT2D eigenvalue weighted by atomic mass is 10.0. The van der Waals surface area contributed by atoms with Crippen LogP contribution in [0.3, 0.4) is 0 Å². The zero-order chi connectivity index (χ0) is 15.1. The Morgan fingerprint density at radius 2 is 2.00 bits per heavy atom. The van der Waals surface area contributed by atoms with Gasteiger partial charge >= 0.3 is 0 Å². The summed E-state index contributed by atoms with van der Waals surface area (Å²) in [6.45, 7) is 8.33. The molecule has 0 saturated carbocycles. The second-order valence-electron chi connectivity index (χ2n) is 5.75. The number of nitrogens with two attached hydrogens (primary N) is 1. The molecule has 0 aliphatic carbocycles. The average Bonchev–Trinajstić information content (AvgIpc) is 3.05. The Balaban J connectivity index is 2.21. The minimum Gasteiger partial charge on any atom is -0.383 e. The van der Waals surface area contributed by atoms with Crippen molar-refractivity contribution in [2.45, 2.75) is 39.7 Å². The van der Waals surface area contributed by atoms with E-state index in [1.807, 2.05) is 20.0 Å². The van der Waals surface area contributed by atoms with Gasteiger partial charge in [0.1, 0.15) is 17.2 Å². The van der Waals surface area contributed by atoms with E-state index in [0.29, 0.717) is 23.1 Å². The first-order valence-corrected chi connectivity index (χ1v) is 7.03. The molecule has 0 amide bonds. The molecule has 0 saturated heterocycles. The molecule has 3 rings (SSSR count). The number of H-pyrrole nitrogens is 1. The monoisotopic (exact) mass is 285 g/mol. The summed E-state index contributed by atoms with van der Waals surface area (Å²) in [5.41, 5.74) is 9.46. The highest BCUT2D eigenvalue weighted by Gasteiger charge is 2.19. The standard InChI is InChI=1S/C14H19N7/c1-7(2)9-5-16-14(15)11-12(9)18-19-13(11)10-6-21(8(3)4)20-17-10/h5-8H,1-4H3,(H2,15,16)(H,18,19). The number of nitrogens with zero attached hydrogens (tertiary/aromatic N) is 5. The maximum absolute atomic E-state index is 6.05. The Morgan fingerprint density at radius 3 is 2.62 bits per heavy atom. The molecule has 0 aromatic carbocycles. The topological polar surface area (TPSA) is 98.3 Å². The molecule has 3 aromatic heterocycles. The number of fused-ring (bicyclic) bond motifs is 1. The molecule has 3 heterocycles. The molecule has 110 valence electrons. The Kier molecular flexibility index (Phi) is 3.12. The van der Waals surface area contributed by atoms with Crippen molar-refractivity contribution < 1.29 is 0 Å². The van der Waals surface area contributed by atoms with E-state index in [2.05, 4.69) is 39.3 Å². The number of pyridine rings is 1. The highest BCUT2D eigenvalue weighted by Crippen LogP contribution is 2.32. The van der Waals surface area contributed by atoms with Gasteiger partial charge in [0.05, 0.1) is 17.1 Å². The van der Waals surface area contributed by atoms with Crippen LogP contribution in [0.4, 0.5) is 5.82 Å². The van der Waals surface area contributed by atoms with Crippen LogP contribution in [0.15, 0.2) is 12.4 Å². The lowest BCUT2D eigenvalue weighted by Gasteiger charge is -2.07. The molecule has 7 heteroatoms. The van der Waals surface area contributed by atoms with Crippen molar-refractivity contribution in [3.05, 3.63) is 18.0 Å². The van der Waals surface area contributed by atoms with E-state index in [1.54, 1.807) is 10.9 Å². The SMILES string of the molecule is CC(C)c1cnc(N)c2c(-c3cn(C(C)C)nn3)n[nH]c12. The maximum atomic E-state index is 6.05. The Bertz CT molecular complexity index is 782. The number of nitrogen functional groups attached to an aromatic ring is 1. The number of rotatable bonds is 3. The second-order valence-corrected chi connectivity index (χ2v) is 5.75. The average molecular weight is 285 g/mol. The molecule has 0 fully saturated rings. The van der Waals surface area contributed by atoms with E-state index >= 15 is 0 Å². The molecule has 0 aliphatic rings. The fourth-order valence-electron chi connectivity index (χ4n) is 2.33. The van der Waals surface area contributed by atoms with Gasteiger partial charge in [0.2, 0.25) is 0 Å². The molecule has 0 unspecified atom stereocenters. The first-order valence-electron chi connectivity index (χ1n) is 7.03. The van der Waals surface area contributed by atoms with Crippen LogP contribution in [0.25, 0.3) is 22.3 Å². The van der Waals surface area contributed by atoms with E-state index in [9.17, 15) is 0 Å². The van der Waals surface area contributed by atoms with Gasteiger partial charge in [-0.05, 0) is 25.3 Å². The highest BCUT2D eigenvalue weighted by atomic mass is 15.4. The summed E-state index contributed by atoms with van der Waals surface area (Å²) >= 11 is 0. The summed E-state index contributed by atoms with van der Waals surface area (Å²) in [7, 11) is 0. The van der Waals surface area contributed by atoms with Crippen LogP contribution < -0.4 is 5.73 Å². The fraction of sp³-hybridized carbons (Fsp3) is 0.429. The van der Waals surface area contributed by atoms with E-state index in [0.717, 1.165) is 16.5 Å². The second kappa shape index (κ2) is 4.83. The smallest absolute Gasteiger partial charge is 0.135 e. The first-order chi connectivity index (χ1) is 9.99. The number of anilines is 1. The van der Waals surface area contributed by atoms with E-state index in [1.165, 1.54) is 0 Å². The van der Waals surface area contributed by atoms with Crippen LogP contribution >= 0.6 is 0 Å². The van der Waals surface area contributed by atoms with Crippen molar-refractivity contribution >= 4 is 16.7 Å². The van der Waals surface area contributed by atoms with Crippen molar-refractivity contribution in [3.8, 4) is 11.4 Å². The van der Waals surface area contributed by atoms with Gasteiger partial charge in [-0.25, -0.2) is 9.67 Å². The van der Waals surface area contributed by atoms with E-state index in [-0.39, 0.29) is 6.04 Å². The molecule has 3 N–H and O–H groups in total. The van der Waals surface area contributed by atoms with Crippen LogP contribution in [0.2, 0.25) is 0 Å². The lowest BCUT2D eigenvalue weighted by Crippen LogP contribution is -2.00. The van der Waals surface area contributed by atoms with E-state index < -0.39 is 0 Å². The quantitative estimate of drug-likeness (QED) is 0.770. The van der Waals surface area contributed by atoms with Crippen molar-refractivity contribution in [3.63, 3.8) is 0 Å². The number of aromatic nitrogens is 6. The van der Waals surface area contributed by atoms with Crippen LogP contribution in [-0.2, 0) is 0 Å². The minimum atomic E-state index is 0.248. The van der Waals surface area contributed by atoms with Gasteiger partial charge in [0, 0.05) is 12.2 Å². The van der Waals surface area contributed by atoms with Gasteiger partial charge in [-0.15, -0.1) is 5.10 Å². The molecule has 0 atom stereocenters. The normalized spacial score (nSPS) is 11.9. The van der Waals surface area contributed by atoms with Crippen molar-refractivity contribution in [2.75, 3.05) is 5.73 Å². The predicted octanol–water partition coefficient (Wildman–Crippen LogP) is 2.50. The predicted molar refractivity (Wildman–Crippen MR) is 81.8 cm³/mol. The summed E-state index contributed by atoms with van der Waals surface area (Å²) in [5.74, 6) is 0.789. The highest BCUT2D eigenvalue weighted by molar-refractivity contribution is 6.00. The molecule has 0 radical (unpaired) electrons.